The number of esters is 1. The maximum Gasteiger partial charge on any atom is 0.413 e. The van der Waals surface area contributed by atoms with Crippen molar-refractivity contribution >= 4 is 51.9 Å². The fourth-order valence-corrected chi connectivity index (χ4v) is 4.26. The van der Waals surface area contributed by atoms with Crippen LogP contribution in [-0.2, 0) is 20.7 Å². The van der Waals surface area contributed by atoms with Crippen molar-refractivity contribution in [2.24, 2.45) is 0 Å². The number of rotatable bonds is 5. The number of nitrogens with one attached hydrogen (secondary N) is 1. The zero-order chi connectivity index (χ0) is 21.8. The molecule has 0 bridgehead atoms. The monoisotopic (exact) mass is 436 g/mol. The molecule has 8 heteroatoms. The molecule has 1 aromatic carbocycles. The average Bonchev–Trinajstić information content (AvgIpc) is 3.41. The summed E-state index contributed by atoms with van der Waals surface area (Å²) in [6, 6.07) is 11.4. The van der Waals surface area contributed by atoms with E-state index in [1.54, 1.807) is 18.3 Å². The number of amides is 2. The predicted octanol–water partition coefficient (Wildman–Crippen LogP) is 4.21. The summed E-state index contributed by atoms with van der Waals surface area (Å²) in [5.41, 5.74) is 3.77. The molecule has 1 N–H and O–H groups in total. The molecule has 7 nitrogen and oxygen atoms in total. The maximum absolute atomic E-state index is 13.0. The van der Waals surface area contributed by atoms with E-state index in [1.165, 1.54) is 0 Å². The molecular weight excluding hydrogens is 416 g/mol. The van der Waals surface area contributed by atoms with Crippen LogP contribution in [0.5, 0.6) is 0 Å². The normalized spacial score (nSPS) is 13.8. The van der Waals surface area contributed by atoms with Gasteiger partial charge in [-0.15, -0.1) is 11.3 Å². The molecule has 31 heavy (non-hydrogen) atoms. The van der Waals surface area contributed by atoms with Crippen LogP contribution in [0.2, 0.25) is 0 Å². The van der Waals surface area contributed by atoms with Crippen molar-refractivity contribution in [3.05, 3.63) is 63.5 Å². The van der Waals surface area contributed by atoms with Gasteiger partial charge in [-0.05, 0) is 54.5 Å². The van der Waals surface area contributed by atoms with Gasteiger partial charge in [-0.1, -0.05) is 24.3 Å². The molecule has 2 amide bonds. The Morgan fingerprint density at radius 1 is 1.13 bits per heavy atom. The van der Waals surface area contributed by atoms with Crippen LogP contribution in [0.4, 0.5) is 4.79 Å². The van der Waals surface area contributed by atoms with E-state index in [9.17, 15) is 14.4 Å². The van der Waals surface area contributed by atoms with Crippen LogP contribution in [0.3, 0.4) is 0 Å². The number of para-hydroxylation sites is 1. The van der Waals surface area contributed by atoms with Crippen LogP contribution in [0, 0.1) is 0 Å². The molecule has 0 unspecified atom stereocenters. The first-order chi connectivity index (χ1) is 15.1. The van der Waals surface area contributed by atoms with E-state index < -0.39 is 24.6 Å². The molecule has 2 aromatic heterocycles. The van der Waals surface area contributed by atoms with E-state index in [0.29, 0.717) is 22.9 Å². The van der Waals surface area contributed by atoms with Gasteiger partial charge < -0.3 is 9.47 Å². The highest BCUT2D eigenvalue weighted by molar-refractivity contribution is 7.10. The number of aromatic nitrogens is 1. The minimum absolute atomic E-state index is 0.134. The second kappa shape index (κ2) is 9.09. The first-order valence-electron chi connectivity index (χ1n) is 9.86. The number of pyridine rings is 1. The molecule has 1 aliphatic rings. The first kappa shape index (κ1) is 20.7. The van der Waals surface area contributed by atoms with Crippen LogP contribution in [0.1, 0.15) is 39.8 Å². The number of carbonyl (C=O) groups excluding carboxylic acids is 3. The van der Waals surface area contributed by atoms with Crippen LogP contribution in [-0.4, -0.2) is 36.2 Å². The number of hydrogen-bond donors (Lipinski definition) is 1. The van der Waals surface area contributed by atoms with E-state index in [1.807, 2.05) is 47.1 Å². The zero-order valence-electron chi connectivity index (χ0n) is 16.8. The fraction of sp³-hybridized carbons (Fsp3) is 0.217. The van der Waals surface area contributed by atoms with Crippen LogP contribution < -0.4 is 5.32 Å². The summed E-state index contributed by atoms with van der Waals surface area (Å²) in [6.45, 7) is 1.18. The maximum atomic E-state index is 13.0. The van der Waals surface area contributed by atoms with Gasteiger partial charge in [0.2, 0.25) is 0 Å². The third-order valence-electron chi connectivity index (χ3n) is 4.86. The molecular formula is C23H20N2O5S. The number of benzene rings is 1. The van der Waals surface area contributed by atoms with Gasteiger partial charge in [-0.2, -0.15) is 0 Å². The quantitative estimate of drug-likeness (QED) is 0.602. The average molecular weight is 436 g/mol. The minimum Gasteiger partial charge on any atom is -0.452 e. The van der Waals surface area contributed by atoms with Crippen LogP contribution >= 0.6 is 11.3 Å². The number of hydrogen-bond acceptors (Lipinski definition) is 7. The highest BCUT2D eigenvalue weighted by Gasteiger charge is 2.28. The number of fused-ring (bicyclic) bond motifs is 2. The molecule has 0 spiro atoms. The van der Waals surface area contributed by atoms with Gasteiger partial charge in [-0.3, -0.25) is 10.1 Å². The lowest BCUT2D eigenvalue weighted by Crippen LogP contribution is -2.34. The number of imide groups is 1. The van der Waals surface area contributed by atoms with Crippen molar-refractivity contribution in [2.75, 3.05) is 13.2 Å². The molecule has 158 valence electrons. The summed E-state index contributed by atoms with van der Waals surface area (Å²) in [4.78, 5) is 42.2. The van der Waals surface area contributed by atoms with Gasteiger partial charge in [0.15, 0.2) is 6.61 Å². The van der Waals surface area contributed by atoms with Crippen molar-refractivity contribution in [2.45, 2.75) is 19.8 Å². The highest BCUT2D eigenvalue weighted by Crippen LogP contribution is 2.38. The number of nitrogens with zero attached hydrogens (tertiary/aromatic N) is 1. The Kier molecular flexibility index (Phi) is 6.08. The third-order valence-corrected chi connectivity index (χ3v) is 5.68. The van der Waals surface area contributed by atoms with Gasteiger partial charge in [0, 0.05) is 10.3 Å². The SMILES string of the molecule is CCOC(=O)NC(=O)COC(=O)c1c2c(nc3ccccc13)/C(=C/c1cccs1)CC2. The Balaban J connectivity index is 1.64. The Bertz CT molecular complexity index is 1180. The molecule has 0 saturated heterocycles. The zero-order valence-corrected chi connectivity index (χ0v) is 17.7. The minimum atomic E-state index is -0.873. The number of alkyl carbamates (subject to hydrolysis) is 1. The molecule has 1 aliphatic carbocycles. The summed E-state index contributed by atoms with van der Waals surface area (Å²) in [5, 5.41) is 4.70. The van der Waals surface area contributed by atoms with E-state index in [4.69, 9.17) is 9.72 Å². The second-order valence-electron chi connectivity index (χ2n) is 6.86. The Hall–Kier alpha value is -3.52. The number of carbonyl (C=O) groups is 3. The number of thiophene rings is 1. The summed E-state index contributed by atoms with van der Waals surface area (Å²) < 4.78 is 9.89. The molecule has 2 heterocycles. The van der Waals surface area contributed by atoms with Crippen molar-refractivity contribution in [1.82, 2.24) is 10.3 Å². The van der Waals surface area contributed by atoms with Gasteiger partial charge in [0.05, 0.1) is 23.4 Å². The van der Waals surface area contributed by atoms with Gasteiger partial charge in [0.25, 0.3) is 5.91 Å². The van der Waals surface area contributed by atoms with E-state index in [-0.39, 0.29) is 6.61 Å². The van der Waals surface area contributed by atoms with Crippen molar-refractivity contribution in [3.8, 4) is 0 Å². The molecule has 0 saturated carbocycles. The fourth-order valence-electron chi connectivity index (χ4n) is 3.58. The van der Waals surface area contributed by atoms with Crippen LogP contribution in [0.15, 0.2) is 41.8 Å². The summed E-state index contributed by atoms with van der Waals surface area (Å²) in [6.07, 6.45) is 2.65. The summed E-state index contributed by atoms with van der Waals surface area (Å²) in [7, 11) is 0. The molecule has 0 fully saturated rings. The topological polar surface area (TPSA) is 94.6 Å². The summed E-state index contributed by atoms with van der Waals surface area (Å²) in [5.74, 6) is -1.37. The molecule has 0 radical (unpaired) electrons. The standard InChI is InChI=1S/C23H20N2O5S/c1-2-29-23(28)25-19(26)13-30-22(27)20-16-7-3-4-8-18(16)24-21-14(9-10-17(20)21)12-15-6-5-11-31-15/h3-8,11-12H,2,9-10,13H2,1H3,(H,25,26,28)/b14-12+. The largest absolute Gasteiger partial charge is 0.452 e. The number of ether oxygens (including phenoxy) is 2. The molecule has 0 atom stereocenters. The van der Waals surface area contributed by atoms with E-state index >= 15 is 0 Å². The van der Waals surface area contributed by atoms with Gasteiger partial charge in [-0.25, -0.2) is 14.6 Å². The van der Waals surface area contributed by atoms with E-state index in [2.05, 4.69) is 10.8 Å². The molecule has 3 aromatic rings. The number of allylic oxidation sites excluding steroid dienone is 1. The second-order valence-corrected chi connectivity index (χ2v) is 7.84. The van der Waals surface area contributed by atoms with Crippen molar-refractivity contribution in [1.29, 1.82) is 0 Å². The lowest BCUT2D eigenvalue weighted by molar-refractivity contribution is -0.123. The Labute approximate surface area is 182 Å². The first-order valence-corrected chi connectivity index (χ1v) is 10.7. The lowest BCUT2D eigenvalue weighted by Gasteiger charge is -2.12. The van der Waals surface area contributed by atoms with E-state index in [0.717, 1.165) is 28.1 Å². The highest BCUT2D eigenvalue weighted by atomic mass is 32.1. The Morgan fingerprint density at radius 3 is 2.74 bits per heavy atom. The van der Waals surface area contributed by atoms with Gasteiger partial charge >= 0.3 is 12.1 Å². The van der Waals surface area contributed by atoms with Crippen LogP contribution in [0.25, 0.3) is 22.6 Å². The van der Waals surface area contributed by atoms with Gasteiger partial charge in [0.1, 0.15) is 0 Å². The smallest absolute Gasteiger partial charge is 0.413 e. The molecule has 0 aliphatic heterocycles. The third kappa shape index (κ3) is 4.49. The Morgan fingerprint density at radius 2 is 1.97 bits per heavy atom. The predicted molar refractivity (Wildman–Crippen MR) is 118 cm³/mol. The van der Waals surface area contributed by atoms with Crippen molar-refractivity contribution < 1.29 is 23.9 Å². The van der Waals surface area contributed by atoms with Crippen molar-refractivity contribution in [3.63, 3.8) is 0 Å². The molecule has 4 rings (SSSR count). The summed E-state index contributed by atoms with van der Waals surface area (Å²) >= 11 is 1.64. The lowest BCUT2D eigenvalue weighted by atomic mass is 10.0.